The lowest BCUT2D eigenvalue weighted by Crippen LogP contribution is -2.12. The molecule has 2 aromatic carbocycles. The van der Waals surface area contributed by atoms with Gasteiger partial charge in [0.25, 0.3) is 5.91 Å². The lowest BCUT2D eigenvalue weighted by atomic mass is 10.1. The summed E-state index contributed by atoms with van der Waals surface area (Å²) >= 11 is 12.1. The molecule has 0 aliphatic carbocycles. The van der Waals surface area contributed by atoms with Gasteiger partial charge in [-0.25, -0.2) is 0 Å². The summed E-state index contributed by atoms with van der Waals surface area (Å²) in [7, 11) is 0. The van der Waals surface area contributed by atoms with E-state index < -0.39 is 5.91 Å². The summed E-state index contributed by atoms with van der Waals surface area (Å²) in [6.45, 7) is 3.66. The largest absolute Gasteiger partial charge is 0.507 e. The Bertz CT molecular complexity index is 684. The maximum atomic E-state index is 12.2. The number of aryl methyl sites for hydroxylation is 2. The Morgan fingerprint density at radius 3 is 2.50 bits per heavy atom. The number of halogens is 2. The topological polar surface area (TPSA) is 49.3 Å². The standard InChI is InChI=1S/C15H13Cl2NO2/c1-8-3-4-14(19)10(5-8)15(20)18-13-7-11(16)9(2)6-12(13)17/h3-7,19H,1-2H3,(H,18,20). The number of carbonyl (C=O) groups is 1. The summed E-state index contributed by atoms with van der Waals surface area (Å²) in [5.74, 6) is -0.518. The third-order valence-corrected chi connectivity index (χ3v) is 3.61. The van der Waals surface area contributed by atoms with E-state index in [-0.39, 0.29) is 11.3 Å². The minimum atomic E-state index is -0.437. The molecule has 1 amide bonds. The molecule has 2 rings (SSSR count). The Morgan fingerprint density at radius 1 is 1.10 bits per heavy atom. The number of amides is 1. The second-order valence-corrected chi connectivity index (χ2v) is 5.37. The molecule has 3 nitrogen and oxygen atoms in total. The first-order valence-corrected chi connectivity index (χ1v) is 6.70. The van der Waals surface area contributed by atoms with Crippen LogP contribution in [0.2, 0.25) is 10.0 Å². The van der Waals surface area contributed by atoms with E-state index in [0.717, 1.165) is 11.1 Å². The van der Waals surface area contributed by atoms with Gasteiger partial charge in [0, 0.05) is 5.02 Å². The predicted octanol–water partition coefficient (Wildman–Crippen LogP) is 4.57. The fourth-order valence-electron chi connectivity index (χ4n) is 1.76. The average Bonchev–Trinajstić information content (AvgIpc) is 2.38. The van der Waals surface area contributed by atoms with Crippen LogP contribution < -0.4 is 5.32 Å². The van der Waals surface area contributed by atoms with Crippen molar-refractivity contribution in [2.75, 3.05) is 5.32 Å². The van der Waals surface area contributed by atoms with E-state index in [1.54, 1.807) is 24.3 Å². The molecular formula is C15H13Cl2NO2. The number of phenolic OH excluding ortho intramolecular Hbond substituents is 1. The molecule has 0 aliphatic heterocycles. The smallest absolute Gasteiger partial charge is 0.259 e. The van der Waals surface area contributed by atoms with Gasteiger partial charge < -0.3 is 10.4 Å². The molecular weight excluding hydrogens is 297 g/mol. The second kappa shape index (κ2) is 5.73. The number of aromatic hydroxyl groups is 1. The molecule has 104 valence electrons. The van der Waals surface area contributed by atoms with E-state index in [2.05, 4.69) is 5.32 Å². The third-order valence-electron chi connectivity index (χ3n) is 2.89. The number of phenols is 1. The van der Waals surface area contributed by atoms with Crippen molar-refractivity contribution in [2.24, 2.45) is 0 Å². The Kier molecular flexibility index (Phi) is 4.21. The van der Waals surface area contributed by atoms with Crippen LogP contribution in [-0.4, -0.2) is 11.0 Å². The fourth-order valence-corrected chi connectivity index (χ4v) is 2.19. The normalized spacial score (nSPS) is 10.4. The van der Waals surface area contributed by atoms with Crippen LogP contribution in [-0.2, 0) is 0 Å². The van der Waals surface area contributed by atoms with Crippen molar-refractivity contribution < 1.29 is 9.90 Å². The van der Waals surface area contributed by atoms with Crippen LogP contribution in [0.4, 0.5) is 5.69 Å². The maximum absolute atomic E-state index is 12.2. The van der Waals surface area contributed by atoms with E-state index in [0.29, 0.717) is 15.7 Å². The number of anilines is 1. The van der Waals surface area contributed by atoms with Crippen LogP contribution >= 0.6 is 23.2 Å². The third kappa shape index (κ3) is 3.06. The zero-order valence-corrected chi connectivity index (χ0v) is 12.5. The first kappa shape index (κ1) is 14.7. The molecule has 2 N–H and O–H groups in total. The molecule has 2 aromatic rings. The van der Waals surface area contributed by atoms with E-state index in [4.69, 9.17) is 23.2 Å². The minimum absolute atomic E-state index is 0.0811. The van der Waals surface area contributed by atoms with Crippen LogP contribution in [0.1, 0.15) is 21.5 Å². The van der Waals surface area contributed by atoms with Crippen LogP contribution in [0.25, 0.3) is 0 Å². The summed E-state index contributed by atoms with van der Waals surface area (Å²) in [4.78, 5) is 12.2. The highest BCUT2D eigenvalue weighted by molar-refractivity contribution is 6.36. The van der Waals surface area contributed by atoms with Crippen LogP contribution in [0, 0.1) is 13.8 Å². The van der Waals surface area contributed by atoms with Gasteiger partial charge in [0.1, 0.15) is 5.75 Å². The Hall–Kier alpha value is -1.71. The Morgan fingerprint density at radius 2 is 1.80 bits per heavy atom. The molecule has 0 saturated carbocycles. The number of rotatable bonds is 2. The molecule has 0 radical (unpaired) electrons. The van der Waals surface area contributed by atoms with Gasteiger partial charge in [0.05, 0.1) is 16.3 Å². The molecule has 0 unspecified atom stereocenters. The second-order valence-electron chi connectivity index (χ2n) is 4.56. The van der Waals surface area contributed by atoms with Crippen molar-refractivity contribution in [3.8, 4) is 5.75 Å². The summed E-state index contributed by atoms with van der Waals surface area (Å²) < 4.78 is 0. The van der Waals surface area contributed by atoms with E-state index in [1.165, 1.54) is 6.07 Å². The first-order chi connectivity index (χ1) is 9.38. The van der Waals surface area contributed by atoms with Gasteiger partial charge in [0.2, 0.25) is 0 Å². The van der Waals surface area contributed by atoms with E-state index in [9.17, 15) is 9.90 Å². The van der Waals surface area contributed by atoms with Crippen molar-refractivity contribution >= 4 is 34.8 Å². The van der Waals surface area contributed by atoms with Crippen molar-refractivity contribution in [3.05, 3.63) is 57.1 Å². The summed E-state index contributed by atoms with van der Waals surface area (Å²) in [5.41, 5.74) is 2.31. The lowest BCUT2D eigenvalue weighted by Gasteiger charge is -2.10. The van der Waals surface area contributed by atoms with Gasteiger partial charge in [-0.05, 0) is 43.7 Å². The highest BCUT2D eigenvalue weighted by Crippen LogP contribution is 2.30. The molecule has 0 heterocycles. The summed E-state index contributed by atoms with van der Waals surface area (Å²) in [5, 5.41) is 13.3. The molecule has 0 saturated heterocycles. The van der Waals surface area contributed by atoms with Gasteiger partial charge in [-0.2, -0.15) is 0 Å². The predicted molar refractivity (Wildman–Crippen MR) is 82.0 cm³/mol. The van der Waals surface area contributed by atoms with Gasteiger partial charge in [0.15, 0.2) is 0 Å². The molecule has 20 heavy (non-hydrogen) atoms. The van der Waals surface area contributed by atoms with Crippen LogP contribution in [0.15, 0.2) is 30.3 Å². The number of hydrogen-bond acceptors (Lipinski definition) is 2. The molecule has 0 bridgehead atoms. The van der Waals surface area contributed by atoms with Gasteiger partial charge >= 0.3 is 0 Å². The Labute approximate surface area is 127 Å². The number of benzene rings is 2. The van der Waals surface area contributed by atoms with Crippen LogP contribution in [0.5, 0.6) is 5.75 Å². The van der Waals surface area contributed by atoms with Crippen LogP contribution in [0.3, 0.4) is 0 Å². The van der Waals surface area contributed by atoms with Gasteiger partial charge in [-0.3, -0.25) is 4.79 Å². The summed E-state index contributed by atoms with van der Waals surface area (Å²) in [6.07, 6.45) is 0. The molecule has 0 aliphatic rings. The molecule has 5 heteroatoms. The number of carbonyl (C=O) groups excluding carboxylic acids is 1. The van der Waals surface area contributed by atoms with Crippen molar-refractivity contribution in [1.82, 2.24) is 0 Å². The average molecular weight is 310 g/mol. The van der Waals surface area contributed by atoms with Crippen molar-refractivity contribution in [1.29, 1.82) is 0 Å². The molecule has 0 atom stereocenters. The first-order valence-electron chi connectivity index (χ1n) is 5.95. The SMILES string of the molecule is Cc1ccc(O)c(C(=O)Nc2cc(Cl)c(C)cc2Cl)c1. The van der Waals surface area contributed by atoms with Crippen molar-refractivity contribution in [2.45, 2.75) is 13.8 Å². The van der Waals surface area contributed by atoms with E-state index >= 15 is 0 Å². The quantitative estimate of drug-likeness (QED) is 0.853. The van der Waals surface area contributed by atoms with Crippen molar-refractivity contribution in [3.63, 3.8) is 0 Å². The zero-order valence-electron chi connectivity index (χ0n) is 11.0. The fraction of sp³-hybridized carbons (Fsp3) is 0.133. The number of nitrogens with one attached hydrogen (secondary N) is 1. The summed E-state index contributed by atoms with van der Waals surface area (Å²) in [6, 6.07) is 8.07. The molecule has 0 fully saturated rings. The highest BCUT2D eigenvalue weighted by atomic mass is 35.5. The molecule has 0 spiro atoms. The lowest BCUT2D eigenvalue weighted by molar-refractivity contribution is 0.102. The van der Waals surface area contributed by atoms with E-state index in [1.807, 2.05) is 13.8 Å². The number of hydrogen-bond donors (Lipinski definition) is 2. The van der Waals surface area contributed by atoms with Gasteiger partial charge in [-0.15, -0.1) is 0 Å². The Balaban J connectivity index is 2.32. The zero-order chi connectivity index (χ0) is 14.9. The minimum Gasteiger partial charge on any atom is -0.507 e. The monoisotopic (exact) mass is 309 g/mol. The highest BCUT2D eigenvalue weighted by Gasteiger charge is 2.14. The van der Waals surface area contributed by atoms with Gasteiger partial charge in [-0.1, -0.05) is 34.8 Å². The maximum Gasteiger partial charge on any atom is 0.259 e. The molecule has 0 aromatic heterocycles.